The number of hydrogen-bond donors (Lipinski definition) is 1. The zero-order chi connectivity index (χ0) is 16.8. The summed E-state index contributed by atoms with van der Waals surface area (Å²) < 4.78 is 19.1. The number of H-pyrrole nitrogens is 1. The smallest absolute Gasteiger partial charge is 0.264 e. The number of amides is 1. The number of nitrogens with one attached hydrogen (secondary N) is 1. The average molecular weight is 329 g/mol. The zero-order valence-corrected chi connectivity index (χ0v) is 13.8. The number of halogens is 1. The number of rotatable bonds is 2. The van der Waals surface area contributed by atoms with Gasteiger partial charge in [-0.15, -0.1) is 0 Å². The van der Waals surface area contributed by atoms with E-state index in [-0.39, 0.29) is 17.8 Å². The van der Waals surface area contributed by atoms with Gasteiger partial charge in [-0.3, -0.25) is 9.89 Å². The Labute approximate surface area is 139 Å². The second kappa shape index (κ2) is 5.61. The van der Waals surface area contributed by atoms with Crippen LogP contribution in [0.4, 0.5) is 4.39 Å². The monoisotopic (exact) mass is 329 g/mol. The zero-order valence-electron chi connectivity index (χ0n) is 13.8. The highest BCUT2D eigenvalue weighted by atomic mass is 19.1. The summed E-state index contributed by atoms with van der Waals surface area (Å²) in [6.45, 7) is 4.67. The number of aryl methyl sites for hydroxylation is 2. The summed E-state index contributed by atoms with van der Waals surface area (Å²) in [7, 11) is 0. The Bertz CT molecular complexity index is 782. The Morgan fingerprint density at radius 3 is 3.00 bits per heavy atom. The van der Waals surface area contributed by atoms with Crippen LogP contribution in [-0.2, 0) is 11.2 Å². The first-order valence-electron chi connectivity index (χ1n) is 8.31. The van der Waals surface area contributed by atoms with Gasteiger partial charge in [0.15, 0.2) is 6.10 Å². The highest BCUT2D eigenvalue weighted by Crippen LogP contribution is 2.37. The number of likely N-dealkylation sites (tertiary alicyclic amines) is 1. The van der Waals surface area contributed by atoms with Gasteiger partial charge in [-0.1, -0.05) is 0 Å². The lowest BCUT2D eigenvalue weighted by Gasteiger charge is -2.27. The van der Waals surface area contributed by atoms with E-state index in [9.17, 15) is 9.18 Å². The number of carbonyl (C=O) groups excluding carboxylic acids is 1. The van der Waals surface area contributed by atoms with Crippen LogP contribution in [0.5, 0.6) is 5.75 Å². The molecule has 1 aromatic carbocycles. The average Bonchev–Trinajstić information content (AvgIpc) is 3.25. The number of benzene rings is 1. The van der Waals surface area contributed by atoms with Crippen molar-refractivity contribution in [2.45, 2.75) is 45.3 Å². The number of carbonyl (C=O) groups is 1. The van der Waals surface area contributed by atoms with Gasteiger partial charge in [0.25, 0.3) is 5.91 Å². The van der Waals surface area contributed by atoms with Gasteiger partial charge >= 0.3 is 0 Å². The van der Waals surface area contributed by atoms with Crippen LogP contribution in [0.15, 0.2) is 18.2 Å². The van der Waals surface area contributed by atoms with E-state index in [4.69, 9.17) is 4.74 Å². The molecule has 6 heteroatoms. The van der Waals surface area contributed by atoms with Crippen LogP contribution in [-0.4, -0.2) is 33.7 Å². The van der Waals surface area contributed by atoms with Crippen molar-refractivity contribution in [3.05, 3.63) is 46.5 Å². The summed E-state index contributed by atoms with van der Waals surface area (Å²) in [6.07, 6.45) is 1.77. The van der Waals surface area contributed by atoms with Gasteiger partial charge in [0, 0.05) is 29.8 Å². The number of aromatic amines is 1. The molecular formula is C18H20FN3O2. The van der Waals surface area contributed by atoms with Gasteiger partial charge in [-0.2, -0.15) is 5.10 Å². The summed E-state index contributed by atoms with van der Waals surface area (Å²) in [6, 6.07) is 4.46. The maximum atomic E-state index is 13.4. The summed E-state index contributed by atoms with van der Waals surface area (Å²) in [5.41, 5.74) is 3.83. The van der Waals surface area contributed by atoms with Crippen LogP contribution < -0.4 is 4.74 Å². The number of ether oxygens (including phenoxy) is 1. The Morgan fingerprint density at radius 1 is 1.42 bits per heavy atom. The number of fused-ring (bicyclic) bond motifs is 1. The maximum Gasteiger partial charge on any atom is 0.264 e. The Hall–Kier alpha value is -2.37. The SMILES string of the molecule is Cc1n[nH]c(C)c1[C@H]1CCCN1C(=O)[C@@H]1Cc2cc(F)ccc2O1. The van der Waals surface area contributed by atoms with Gasteiger partial charge in [-0.05, 0) is 44.9 Å². The lowest BCUT2D eigenvalue weighted by Crippen LogP contribution is -2.41. The predicted molar refractivity (Wildman–Crippen MR) is 86.3 cm³/mol. The fourth-order valence-electron chi connectivity index (χ4n) is 3.92. The lowest BCUT2D eigenvalue weighted by atomic mass is 10.0. The van der Waals surface area contributed by atoms with Crippen LogP contribution in [0.2, 0.25) is 0 Å². The molecule has 2 aliphatic heterocycles. The van der Waals surface area contributed by atoms with Crippen LogP contribution >= 0.6 is 0 Å². The van der Waals surface area contributed by atoms with Crippen LogP contribution in [0.3, 0.4) is 0 Å². The minimum Gasteiger partial charge on any atom is -0.480 e. The molecule has 2 aliphatic rings. The summed E-state index contributed by atoms with van der Waals surface area (Å²) in [5, 5.41) is 7.26. The summed E-state index contributed by atoms with van der Waals surface area (Å²) >= 11 is 0. The maximum absolute atomic E-state index is 13.4. The fourth-order valence-corrected chi connectivity index (χ4v) is 3.92. The third kappa shape index (κ3) is 2.37. The van der Waals surface area contributed by atoms with E-state index in [1.807, 2.05) is 18.7 Å². The molecule has 3 heterocycles. The normalized spacial score (nSPS) is 22.5. The Kier molecular flexibility index (Phi) is 3.55. The van der Waals surface area contributed by atoms with Gasteiger partial charge in [0.2, 0.25) is 0 Å². The standard InChI is InChI=1S/C18H20FN3O2/c1-10-17(11(2)21-20-10)14-4-3-7-22(14)18(23)16-9-12-8-13(19)5-6-15(12)24-16/h5-6,8,14,16H,3-4,7,9H2,1-2H3,(H,20,21)/t14-,16+/m1/s1. The van der Waals surface area contributed by atoms with Gasteiger partial charge in [0.05, 0.1) is 11.7 Å². The second-order valence-electron chi connectivity index (χ2n) is 6.60. The molecule has 2 atom stereocenters. The predicted octanol–water partition coefficient (Wildman–Crippen LogP) is 2.83. The quantitative estimate of drug-likeness (QED) is 0.922. The fraction of sp³-hybridized carbons (Fsp3) is 0.444. The van der Waals surface area contributed by atoms with Crippen molar-refractivity contribution >= 4 is 5.91 Å². The number of nitrogens with zero attached hydrogens (tertiary/aromatic N) is 2. The highest BCUT2D eigenvalue weighted by Gasteiger charge is 2.39. The van der Waals surface area contributed by atoms with Crippen molar-refractivity contribution < 1.29 is 13.9 Å². The lowest BCUT2D eigenvalue weighted by molar-refractivity contribution is -0.138. The van der Waals surface area contributed by atoms with E-state index in [2.05, 4.69) is 10.2 Å². The molecule has 5 nitrogen and oxygen atoms in total. The molecule has 4 rings (SSSR count). The molecule has 1 saturated heterocycles. The first-order valence-corrected chi connectivity index (χ1v) is 8.31. The Balaban J connectivity index is 1.57. The van der Waals surface area contributed by atoms with Crippen LogP contribution in [0.1, 0.15) is 41.4 Å². The third-order valence-electron chi connectivity index (χ3n) is 5.03. The molecule has 1 N–H and O–H groups in total. The van der Waals surface area contributed by atoms with Crippen molar-refractivity contribution in [3.8, 4) is 5.75 Å². The van der Waals surface area contributed by atoms with Crippen molar-refractivity contribution in [3.63, 3.8) is 0 Å². The molecule has 1 aromatic heterocycles. The second-order valence-corrected chi connectivity index (χ2v) is 6.60. The van der Waals surface area contributed by atoms with Crippen molar-refractivity contribution in [2.75, 3.05) is 6.54 Å². The van der Waals surface area contributed by atoms with E-state index < -0.39 is 6.10 Å². The first-order chi connectivity index (χ1) is 11.5. The summed E-state index contributed by atoms with van der Waals surface area (Å²) in [5.74, 6) is 0.296. The molecule has 0 spiro atoms. The Morgan fingerprint density at radius 2 is 2.25 bits per heavy atom. The van der Waals surface area contributed by atoms with E-state index in [1.54, 1.807) is 6.07 Å². The molecule has 0 saturated carbocycles. The molecule has 1 fully saturated rings. The molecule has 1 amide bonds. The molecule has 0 unspecified atom stereocenters. The van der Waals surface area contributed by atoms with E-state index in [0.717, 1.165) is 41.9 Å². The topological polar surface area (TPSA) is 58.2 Å². The molecule has 2 aromatic rings. The molecule has 0 bridgehead atoms. The van der Waals surface area contributed by atoms with Gasteiger partial charge < -0.3 is 9.64 Å². The molecule has 0 radical (unpaired) electrons. The first kappa shape index (κ1) is 15.2. The third-order valence-corrected chi connectivity index (χ3v) is 5.03. The van der Waals surface area contributed by atoms with E-state index in [0.29, 0.717) is 12.2 Å². The highest BCUT2D eigenvalue weighted by molar-refractivity contribution is 5.83. The van der Waals surface area contributed by atoms with Crippen molar-refractivity contribution in [2.24, 2.45) is 0 Å². The minimum absolute atomic E-state index is 0.0193. The van der Waals surface area contributed by atoms with Gasteiger partial charge in [0.1, 0.15) is 11.6 Å². The van der Waals surface area contributed by atoms with Crippen LogP contribution in [0, 0.1) is 19.7 Å². The number of aromatic nitrogens is 2. The van der Waals surface area contributed by atoms with Crippen LogP contribution in [0.25, 0.3) is 0 Å². The molecule has 0 aliphatic carbocycles. The van der Waals surface area contributed by atoms with E-state index >= 15 is 0 Å². The van der Waals surface area contributed by atoms with Gasteiger partial charge in [-0.25, -0.2) is 4.39 Å². The number of hydrogen-bond acceptors (Lipinski definition) is 3. The largest absolute Gasteiger partial charge is 0.480 e. The molecule has 126 valence electrons. The summed E-state index contributed by atoms with van der Waals surface area (Å²) in [4.78, 5) is 14.9. The van der Waals surface area contributed by atoms with E-state index in [1.165, 1.54) is 12.1 Å². The molecular weight excluding hydrogens is 309 g/mol. The molecule has 24 heavy (non-hydrogen) atoms. The minimum atomic E-state index is -0.560. The van der Waals surface area contributed by atoms with Crippen molar-refractivity contribution in [1.82, 2.24) is 15.1 Å². The van der Waals surface area contributed by atoms with Crippen molar-refractivity contribution in [1.29, 1.82) is 0 Å².